The summed E-state index contributed by atoms with van der Waals surface area (Å²) in [5.74, 6) is 0. The van der Waals surface area contributed by atoms with Crippen LogP contribution in [-0.4, -0.2) is 118 Å². The van der Waals surface area contributed by atoms with Gasteiger partial charge in [0, 0.05) is 7.11 Å². The first-order valence-corrected chi connectivity index (χ1v) is 10.9. The quantitative estimate of drug-likeness (QED) is 0.156. The summed E-state index contributed by atoms with van der Waals surface area (Å²) in [7, 11) is 1.40. The van der Waals surface area contributed by atoms with E-state index >= 15 is 0 Å². The average Bonchev–Trinajstić information content (AvgIpc) is 2.72. The Hall–Kier alpha value is -0.890. The maximum atomic E-state index is 10.9. The van der Waals surface area contributed by atoms with Gasteiger partial charge in [0.1, 0.15) is 24.4 Å². The summed E-state index contributed by atoms with van der Waals surface area (Å²) in [6.45, 7) is 8.05. The van der Waals surface area contributed by atoms with Crippen LogP contribution >= 0.6 is 0 Å². The topological polar surface area (TPSA) is 145 Å². The molecule has 0 saturated carbocycles. The van der Waals surface area contributed by atoms with E-state index in [1.807, 2.05) is 0 Å². The first-order valence-electron chi connectivity index (χ1n) is 10.9. The molecule has 11 nitrogen and oxygen atoms in total. The van der Waals surface area contributed by atoms with Crippen LogP contribution in [0.15, 0.2) is 0 Å². The average molecular weight is 468 g/mol. The van der Waals surface area contributed by atoms with Crippen LogP contribution in [0.25, 0.3) is 0 Å². The Morgan fingerprint density at radius 1 is 1.06 bits per heavy atom. The zero-order valence-electron chi connectivity index (χ0n) is 19.6. The smallest absolute Gasteiger partial charge is 0.207 e. The number of aliphatic hydroxyl groups excluding tert-OH is 3. The molecule has 0 aromatic heterocycles. The number of rotatable bonds is 17. The van der Waals surface area contributed by atoms with Crippen LogP contribution in [0, 0.1) is 5.41 Å². The standard InChI is InChI=1S/C21H41NO10/c1-21(2,3)11-15(25)13-30-8-7-28-5-6-29-9-10-31-20-17(22-14-24)19(27-4)18(26)16(12-23)32-20/h14-20,23,25-26H,5-13H2,1-4H3,(H,22,24)/t15-,16?,17?,18?,19?,20?/m0/s1. The first kappa shape index (κ1) is 29.1. The van der Waals surface area contributed by atoms with Gasteiger partial charge in [-0.25, -0.2) is 0 Å². The van der Waals surface area contributed by atoms with Crippen molar-refractivity contribution in [1.82, 2.24) is 5.32 Å². The minimum absolute atomic E-state index is 0.0582. The Balaban J connectivity index is 2.13. The largest absolute Gasteiger partial charge is 0.394 e. The second-order valence-corrected chi connectivity index (χ2v) is 8.82. The van der Waals surface area contributed by atoms with Gasteiger partial charge in [0.15, 0.2) is 6.29 Å². The molecule has 0 spiro atoms. The number of carbonyl (C=O) groups is 1. The summed E-state index contributed by atoms with van der Waals surface area (Å²) in [5, 5.41) is 31.9. The van der Waals surface area contributed by atoms with E-state index in [1.165, 1.54) is 7.11 Å². The normalized spacial score (nSPS) is 27.3. The predicted octanol–water partition coefficient (Wildman–Crippen LogP) is -0.942. The van der Waals surface area contributed by atoms with Crippen molar-refractivity contribution in [2.45, 2.75) is 63.9 Å². The first-order chi connectivity index (χ1) is 15.2. The molecule has 0 bridgehead atoms. The minimum Gasteiger partial charge on any atom is -0.394 e. The van der Waals surface area contributed by atoms with Crippen LogP contribution in [-0.2, 0) is 33.2 Å². The molecule has 5 unspecified atom stereocenters. The van der Waals surface area contributed by atoms with Gasteiger partial charge in [0.2, 0.25) is 6.41 Å². The SMILES string of the molecule is COC1C(O)C(CO)OC(OCCOCCOCCOC[C@@H](O)CC(C)(C)C)C1NC=O. The Bertz CT molecular complexity index is 490. The van der Waals surface area contributed by atoms with E-state index in [4.69, 9.17) is 28.4 Å². The number of methoxy groups -OCH3 is 1. The number of amides is 1. The fourth-order valence-electron chi connectivity index (χ4n) is 3.40. The molecule has 11 heteroatoms. The number of hydrogen-bond acceptors (Lipinski definition) is 10. The predicted molar refractivity (Wildman–Crippen MR) is 114 cm³/mol. The highest BCUT2D eigenvalue weighted by atomic mass is 16.7. The van der Waals surface area contributed by atoms with E-state index in [9.17, 15) is 20.1 Å². The molecule has 1 rings (SSSR count). The van der Waals surface area contributed by atoms with Crippen molar-refractivity contribution in [3.63, 3.8) is 0 Å². The Kier molecular flexibility index (Phi) is 14.4. The van der Waals surface area contributed by atoms with Gasteiger partial charge in [-0.05, 0) is 11.8 Å². The van der Waals surface area contributed by atoms with Crippen LogP contribution in [0.3, 0.4) is 0 Å². The highest BCUT2D eigenvalue weighted by Gasteiger charge is 2.45. The van der Waals surface area contributed by atoms with Crippen LogP contribution in [0.1, 0.15) is 27.2 Å². The van der Waals surface area contributed by atoms with Crippen LogP contribution in [0.2, 0.25) is 0 Å². The van der Waals surface area contributed by atoms with E-state index in [0.29, 0.717) is 39.3 Å². The molecule has 1 amide bonds. The molecule has 6 atom stereocenters. The summed E-state index contributed by atoms with van der Waals surface area (Å²) in [6.07, 6.45) is -3.02. The number of nitrogens with one attached hydrogen (secondary N) is 1. The number of ether oxygens (including phenoxy) is 6. The van der Waals surface area contributed by atoms with Crippen molar-refractivity contribution in [1.29, 1.82) is 0 Å². The third kappa shape index (κ3) is 11.3. The summed E-state index contributed by atoms with van der Waals surface area (Å²) >= 11 is 0. The Morgan fingerprint density at radius 3 is 2.19 bits per heavy atom. The fourth-order valence-corrected chi connectivity index (χ4v) is 3.40. The van der Waals surface area contributed by atoms with Gasteiger partial charge in [0.05, 0.1) is 59.0 Å². The van der Waals surface area contributed by atoms with Crippen molar-refractivity contribution in [2.75, 3.05) is 60.0 Å². The van der Waals surface area contributed by atoms with Crippen LogP contribution in [0.5, 0.6) is 0 Å². The fraction of sp³-hybridized carbons (Fsp3) is 0.952. The van der Waals surface area contributed by atoms with Gasteiger partial charge >= 0.3 is 0 Å². The van der Waals surface area contributed by atoms with Crippen LogP contribution < -0.4 is 5.32 Å². The molecular weight excluding hydrogens is 426 g/mol. The molecule has 0 aromatic rings. The molecule has 0 aromatic carbocycles. The third-order valence-corrected chi connectivity index (χ3v) is 4.80. The lowest BCUT2D eigenvalue weighted by atomic mass is 9.89. The van der Waals surface area contributed by atoms with Crippen LogP contribution in [0.4, 0.5) is 0 Å². The van der Waals surface area contributed by atoms with E-state index in [1.54, 1.807) is 0 Å². The highest BCUT2D eigenvalue weighted by molar-refractivity contribution is 5.47. The molecule has 1 aliphatic heterocycles. The van der Waals surface area contributed by atoms with E-state index < -0.39 is 43.4 Å². The number of carbonyl (C=O) groups excluding carboxylic acids is 1. The molecule has 0 radical (unpaired) electrons. The molecular formula is C21H41NO10. The van der Waals surface area contributed by atoms with Crippen molar-refractivity contribution in [3.05, 3.63) is 0 Å². The molecule has 0 aliphatic carbocycles. The molecule has 190 valence electrons. The van der Waals surface area contributed by atoms with Gasteiger partial charge < -0.3 is 49.1 Å². The summed E-state index contributed by atoms with van der Waals surface area (Å²) in [4.78, 5) is 10.9. The van der Waals surface area contributed by atoms with E-state index in [0.717, 1.165) is 0 Å². The molecule has 1 fully saturated rings. The van der Waals surface area contributed by atoms with Gasteiger partial charge in [-0.1, -0.05) is 20.8 Å². The zero-order valence-corrected chi connectivity index (χ0v) is 19.6. The second kappa shape index (κ2) is 15.9. The Labute approximate surface area is 190 Å². The lowest BCUT2D eigenvalue weighted by Gasteiger charge is -2.43. The Morgan fingerprint density at radius 2 is 1.66 bits per heavy atom. The van der Waals surface area contributed by atoms with E-state index in [-0.39, 0.29) is 25.2 Å². The maximum Gasteiger partial charge on any atom is 0.207 e. The highest BCUT2D eigenvalue weighted by Crippen LogP contribution is 2.24. The lowest BCUT2D eigenvalue weighted by molar-refractivity contribution is -0.275. The molecule has 1 heterocycles. The van der Waals surface area contributed by atoms with Gasteiger partial charge in [0.25, 0.3) is 0 Å². The molecule has 4 N–H and O–H groups in total. The van der Waals surface area contributed by atoms with Crippen molar-refractivity contribution < 1.29 is 48.5 Å². The minimum atomic E-state index is -1.11. The van der Waals surface area contributed by atoms with E-state index in [2.05, 4.69) is 26.1 Å². The summed E-state index contributed by atoms with van der Waals surface area (Å²) < 4.78 is 32.7. The van der Waals surface area contributed by atoms with Crippen molar-refractivity contribution in [2.24, 2.45) is 5.41 Å². The third-order valence-electron chi connectivity index (χ3n) is 4.80. The second-order valence-electron chi connectivity index (χ2n) is 8.82. The summed E-state index contributed by atoms with van der Waals surface area (Å²) in [6, 6.07) is -0.736. The molecule has 1 aliphatic rings. The van der Waals surface area contributed by atoms with Gasteiger partial charge in [-0.15, -0.1) is 0 Å². The monoisotopic (exact) mass is 467 g/mol. The van der Waals surface area contributed by atoms with Gasteiger partial charge in [-0.3, -0.25) is 4.79 Å². The molecule has 32 heavy (non-hydrogen) atoms. The van der Waals surface area contributed by atoms with Gasteiger partial charge in [-0.2, -0.15) is 0 Å². The zero-order chi connectivity index (χ0) is 24.0. The van der Waals surface area contributed by atoms with Crippen molar-refractivity contribution >= 4 is 6.41 Å². The van der Waals surface area contributed by atoms with Crippen molar-refractivity contribution in [3.8, 4) is 0 Å². The number of aliphatic hydroxyl groups is 3. The summed E-state index contributed by atoms with van der Waals surface area (Å²) in [5.41, 5.74) is 0.0582. The maximum absolute atomic E-state index is 10.9. The number of hydrogen-bond donors (Lipinski definition) is 4. The molecule has 1 saturated heterocycles. The lowest BCUT2D eigenvalue weighted by Crippen LogP contribution is -2.64.